The molecule has 0 amide bonds. The molecular weight excluding hydrogens is 234 g/mol. The summed E-state index contributed by atoms with van der Waals surface area (Å²) in [4.78, 5) is 0. The lowest BCUT2D eigenvalue weighted by atomic mass is 10.0. The number of hydrogen-bond donors (Lipinski definition) is 1. The predicted molar refractivity (Wildman–Crippen MR) is 81.9 cm³/mol. The van der Waals surface area contributed by atoms with Crippen molar-refractivity contribution in [3.8, 4) is 0 Å². The third kappa shape index (κ3) is 2.93. The van der Waals surface area contributed by atoms with Crippen molar-refractivity contribution < 1.29 is 0 Å². The van der Waals surface area contributed by atoms with E-state index in [0.717, 1.165) is 13.0 Å². The lowest BCUT2D eigenvalue weighted by Crippen LogP contribution is -2.41. The Kier molecular flexibility index (Phi) is 3.88. The van der Waals surface area contributed by atoms with Crippen LogP contribution in [0.4, 0.5) is 0 Å². The standard InChI is InChI=1S/C16H27N3/c1-12-7-8-13-10-14(11-18(6)17-5)19(15(13)9-12)16(2,3)4/h8-10,12,17H,7,11H2,1-6H3. The maximum absolute atomic E-state index is 3.18. The van der Waals surface area contributed by atoms with E-state index < -0.39 is 0 Å². The third-order valence-electron chi connectivity index (χ3n) is 3.75. The maximum Gasteiger partial charge on any atom is 0.0532 e. The normalized spacial score (nSPS) is 19.0. The lowest BCUT2D eigenvalue weighted by Gasteiger charge is -2.27. The Hall–Kier alpha value is -1.06. The highest BCUT2D eigenvalue weighted by Gasteiger charge is 2.20. The van der Waals surface area contributed by atoms with Gasteiger partial charge in [0.15, 0.2) is 0 Å². The molecule has 3 nitrogen and oxygen atoms in total. The van der Waals surface area contributed by atoms with Crippen molar-refractivity contribution in [2.24, 2.45) is 5.92 Å². The Morgan fingerprint density at radius 2 is 2.11 bits per heavy atom. The van der Waals surface area contributed by atoms with Crippen molar-refractivity contribution in [1.29, 1.82) is 0 Å². The Morgan fingerprint density at radius 3 is 2.68 bits per heavy atom. The minimum absolute atomic E-state index is 0.110. The molecule has 1 aromatic heterocycles. The summed E-state index contributed by atoms with van der Waals surface area (Å²) >= 11 is 0. The first-order valence-electron chi connectivity index (χ1n) is 7.14. The predicted octanol–water partition coefficient (Wildman–Crippen LogP) is 1.41. The molecule has 0 aliphatic heterocycles. The summed E-state index contributed by atoms with van der Waals surface area (Å²) in [7, 11) is 4.04. The van der Waals surface area contributed by atoms with Crippen molar-refractivity contribution in [2.75, 3.05) is 14.1 Å². The molecule has 1 heterocycles. The first-order chi connectivity index (χ1) is 8.82. The van der Waals surface area contributed by atoms with Crippen LogP contribution in [0.1, 0.15) is 39.8 Å². The van der Waals surface area contributed by atoms with Crippen molar-refractivity contribution in [3.05, 3.63) is 22.3 Å². The molecule has 0 bridgehead atoms. The monoisotopic (exact) mass is 261 g/mol. The van der Waals surface area contributed by atoms with Crippen LogP contribution in [-0.2, 0) is 12.1 Å². The number of aromatic nitrogens is 1. The van der Waals surface area contributed by atoms with Crippen molar-refractivity contribution in [2.45, 2.75) is 46.2 Å². The molecule has 1 aliphatic carbocycles. The van der Waals surface area contributed by atoms with E-state index in [1.807, 2.05) is 7.05 Å². The van der Waals surface area contributed by atoms with Gasteiger partial charge in [0, 0.05) is 23.6 Å². The van der Waals surface area contributed by atoms with E-state index in [-0.39, 0.29) is 5.54 Å². The molecule has 1 N–H and O–H groups in total. The van der Waals surface area contributed by atoms with Crippen LogP contribution in [0.5, 0.6) is 0 Å². The molecule has 0 radical (unpaired) electrons. The number of hydrogen-bond acceptors (Lipinski definition) is 2. The van der Waals surface area contributed by atoms with E-state index in [0.29, 0.717) is 5.92 Å². The second-order valence-electron chi connectivity index (χ2n) is 6.65. The van der Waals surface area contributed by atoms with Crippen molar-refractivity contribution in [1.82, 2.24) is 15.0 Å². The van der Waals surface area contributed by atoms with Crippen LogP contribution in [0.3, 0.4) is 0 Å². The fraction of sp³-hybridized carbons (Fsp3) is 0.625. The quantitative estimate of drug-likeness (QED) is 0.830. The van der Waals surface area contributed by atoms with Crippen LogP contribution in [0, 0.1) is 5.92 Å². The number of nitrogens with one attached hydrogen (secondary N) is 1. The van der Waals surface area contributed by atoms with Gasteiger partial charge < -0.3 is 4.57 Å². The molecule has 19 heavy (non-hydrogen) atoms. The average molecular weight is 261 g/mol. The van der Waals surface area contributed by atoms with Gasteiger partial charge in [-0.1, -0.05) is 19.1 Å². The Balaban J connectivity index is 2.60. The number of rotatable bonds is 3. The highest BCUT2D eigenvalue weighted by molar-refractivity contribution is 5.40. The molecule has 106 valence electrons. The van der Waals surface area contributed by atoms with Crippen LogP contribution in [0.15, 0.2) is 6.07 Å². The van der Waals surface area contributed by atoms with Gasteiger partial charge in [-0.3, -0.25) is 5.43 Å². The van der Waals surface area contributed by atoms with E-state index in [2.05, 4.69) is 68.0 Å². The minimum Gasteiger partial charge on any atom is -0.338 e. The molecule has 0 saturated heterocycles. The fourth-order valence-corrected chi connectivity index (χ4v) is 2.82. The zero-order valence-corrected chi connectivity index (χ0v) is 13.1. The largest absolute Gasteiger partial charge is 0.338 e. The van der Waals surface area contributed by atoms with E-state index >= 15 is 0 Å². The molecule has 0 fully saturated rings. The molecular formula is C16H27N3. The van der Waals surface area contributed by atoms with E-state index in [1.54, 1.807) is 0 Å². The maximum atomic E-state index is 3.18. The zero-order valence-electron chi connectivity index (χ0n) is 13.1. The van der Waals surface area contributed by atoms with Gasteiger partial charge in [0.2, 0.25) is 0 Å². The van der Waals surface area contributed by atoms with Crippen LogP contribution >= 0.6 is 0 Å². The molecule has 2 rings (SSSR count). The summed E-state index contributed by atoms with van der Waals surface area (Å²) in [5, 5.41) is 4.91. The molecule has 0 spiro atoms. The summed E-state index contributed by atoms with van der Waals surface area (Å²) < 4.78 is 2.49. The molecule has 1 atom stereocenters. The Morgan fingerprint density at radius 1 is 1.42 bits per heavy atom. The highest BCUT2D eigenvalue weighted by atomic mass is 15.5. The first kappa shape index (κ1) is 14.4. The van der Waals surface area contributed by atoms with Gasteiger partial charge in [-0.05, 0) is 51.4 Å². The second-order valence-corrected chi connectivity index (χ2v) is 6.65. The lowest BCUT2D eigenvalue weighted by molar-refractivity contribution is 0.236. The summed E-state index contributed by atoms with van der Waals surface area (Å²) in [6.07, 6.45) is 5.96. The van der Waals surface area contributed by atoms with Gasteiger partial charge in [-0.25, -0.2) is 5.01 Å². The average Bonchev–Trinajstić information content (AvgIpc) is 2.65. The summed E-state index contributed by atoms with van der Waals surface area (Å²) in [6, 6.07) is 2.34. The minimum atomic E-state index is 0.110. The highest BCUT2D eigenvalue weighted by Crippen LogP contribution is 2.16. The molecule has 1 aromatic rings. The van der Waals surface area contributed by atoms with Gasteiger partial charge in [-0.15, -0.1) is 0 Å². The van der Waals surface area contributed by atoms with Crippen molar-refractivity contribution >= 4 is 12.2 Å². The van der Waals surface area contributed by atoms with Crippen LogP contribution in [0.25, 0.3) is 12.2 Å². The number of hydrazine groups is 1. The molecule has 0 aromatic carbocycles. The van der Waals surface area contributed by atoms with Gasteiger partial charge in [0.05, 0.1) is 6.54 Å². The summed E-state index contributed by atoms with van der Waals surface area (Å²) in [5.41, 5.74) is 4.66. The van der Waals surface area contributed by atoms with E-state index in [9.17, 15) is 0 Å². The van der Waals surface area contributed by atoms with E-state index in [4.69, 9.17) is 0 Å². The molecule has 0 saturated carbocycles. The molecule has 1 aliphatic rings. The summed E-state index contributed by atoms with van der Waals surface area (Å²) in [6.45, 7) is 10.0. The van der Waals surface area contributed by atoms with Crippen LogP contribution in [-0.4, -0.2) is 23.7 Å². The fourth-order valence-electron chi connectivity index (χ4n) is 2.82. The number of fused-ring (bicyclic) bond motifs is 1. The van der Waals surface area contributed by atoms with Gasteiger partial charge >= 0.3 is 0 Å². The Bertz CT molecular complexity index is 560. The van der Waals surface area contributed by atoms with Gasteiger partial charge in [0.1, 0.15) is 0 Å². The van der Waals surface area contributed by atoms with Crippen LogP contribution in [0.2, 0.25) is 0 Å². The number of nitrogens with zero attached hydrogens (tertiary/aromatic N) is 2. The van der Waals surface area contributed by atoms with Crippen molar-refractivity contribution in [3.63, 3.8) is 0 Å². The summed E-state index contributed by atoms with van der Waals surface area (Å²) in [5.74, 6) is 0.637. The van der Waals surface area contributed by atoms with E-state index in [1.165, 1.54) is 16.3 Å². The Labute approximate surface area is 116 Å². The smallest absolute Gasteiger partial charge is 0.0532 e. The topological polar surface area (TPSA) is 20.2 Å². The van der Waals surface area contributed by atoms with Crippen LogP contribution < -0.4 is 16.0 Å². The molecule has 3 heteroatoms. The second kappa shape index (κ2) is 5.14. The molecule has 1 unspecified atom stereocenters. The van der Waals surface area contributed by atoms with Gasteiger partial charge in [0.25, 0.3) is 0 Å². The first-order valence-corrected chi connectivity index (χ1v) is 7.14. The SMILES string of the molecule is CNN(C)Cc1cc2c(n1C(C)(C)C)=CC(C)CC=2. The van der Waals surface area contributed by atoms with Gasteiger partial charge in [-0.2, -0.15) is 0 Å². The zero-order chi connectivity index (χ0) is 14.2. The third-order valence-corrected chi connectivity index (χ3v) is 3.75.